The van der Waals surface area contributed by atoms with E-state index >= 15 is 0 Å². The van der Waals surface area contributed by atoms with Crippen molar-refractivity contribution >= 4 is 29.3 Å². The maximum Gasteiger partial charge on any atom is 0.271 e. The van der Waals surface area contributed by atoms with E-state index in [9.17, 15) is 4.79 Å². The number of carbonyl (C=O) groups is 1. The molecule has 0 aliphatic heterocycles. The summed E-state index contributed by atoms with van der Waals surface area (Å²) in [6.07, 6.45) is 4.07. The molecule has 0 saturated heterocycles. The number of amides is 1. The lowest BCUT2D eigenvalue weighted by Gasteiger charge is -2.06. The van der Waals surface area contributed by atoms with E-state index in [4.69, 9.17) is 11.6 Å². The van der Waals surface area contributed by atoms with Crippen molar-refractivity contribution in [3.05, 3.63) is 52.8 Å². The van der Waals surface area contributed by atoms with E-state index in [1.165, 1.54) is 23.5 Å². The maximum atomic E-state index is 12.0. The van der Waals surface area contributed by atoms with Crippen molar-refractivity contribution < 1.29 is 4.79 Å². The van der Waals surface area contributed by atoms with Gasteiger partial charge in [-0.15, -0.1) is 0 Å². The van der Waals surface area contributed by atoms with Crippen LogP contribution in [0.4, 0.5) is 0 Å². The zero-order valence-corrected chi connectivity index (χ0v) is 12.5. The van der Waals surface area contributed by atoms with Crippen LogP contribution in [0.15, 0.2) is 41.7 Å². The van der Waals surface area contributed by atoms with Gasteiger partial charge in [0.1, 0.15) is 0 Å². The number of thioether (sulfide) groups is 1. The van der Waals surface area contributed by atoms with Crippen LogP contribution in [-0.2, 0) is 6.42 Å². The fourth-order valence-electron chi connectivity index (χ4n) is 1.66. The molecule has 1 heterocycles. The molecule has 0 atom stereocenters. The van der Waals surface area contributed by atoms with Crippen LogP contribution < -0.4 is 5.32 Å². The minimum Gasteiger partial charge on any atom is -0.350 e. The molecule has 104 valence electrons. The van der Waals surface area contributed by atoms with Gasteiger partial charge in [-0.2, -0.15) is 0 Å². The summed E-state index contributed by atoms with van der Waals surface area (Å²) in [5.74, 6) is -0.274. The molecule has 0 saturated carbocycles. The second kappa shape index (κ2) is 7.26. The molecule has 1 N–H and O–H groups in total. The van der Waals surface area contributed by atoms with Crippen molar-refractivity contribution in [1.82, 2.24) is 15.3 Å². The monoisotopic (exact) mass is 307 g/mol. The number of nitrogens with one attached hydrogen (secondary N) is 1. The number of carbonyl (C=O) groups excluding carboxylic acids is 1. The first kappa shape index (κ1) is 14.8. The Kier molecular flexibility index (Phi) is 5.38. The summed E-state index contributed by atoms with van der Waals surface area (Å²) < 4.78 is 0. The zero-order valence-electron chi connectivity index (χ0n) is 11.0. The first-order valence-electron chi connectivity index (χ1n) is 6.09. The van der Waals surface area contributed by atoms with Gasteiger partial charge in [-0.3, -0.25) is 4.79 Å². The predicted octanol–water partition coefficient (Wildman–Crippen LogP) is 2.82. The fourth-order valence-corrected chi connectivity index (χ4v) is 2.17. The summed E-state index contributed by atoms with van der Waals surface area (Å²) in [6.45, 7) is 0.539. The Morgan fingerprint density at radius 2 is 2.10 bits per heavy atom. The van der Waals surface area contributed by atoms with E-state index in [0.29, 0.717) is 11.7 Å². The molecule has 2 aromatic rings. The van der Waals surface area contributed by atoms with Crippen LogP contribution >= 0.6 is 23.4 Å². The van der Waals surface area contributed by atoms with Gasteiger partial charge < -0.3 is 5.32 Å². The number of aromatic nitrogens is 2. The molecule has 0 fully saturated rings. The van der Waals surface area contributed by atoms with Gasteiger partial charge in [0.25, 0.3) is 5.91 Å². The summed E-state index contributed by atoms with van der Waals surface area (Å²) in [5, 5.41) is 3.61. The molecule has 20 heavy (non-hydrogen) atoms. The van der Waals surface area contributed by atoms with Gasteiger partial charge in [0, 0.05) is 6.54 Å². The molecule has 0 radical (unpaired) electrons. The highest BCUT2D eigenvalue weighted by Crippen LogP contribution is 2.16. The van der Waals surface area contributed by atoms with Gasteiger partial charge in [0.15, 0.2) is 10.9 Å². The Labute approximate surface area is 127 Å². The molecule has 1 aromatic heterocycles. The number of rotatable bonds is 5. The van der Waals surface area contributed by atoms with Crippen molar-refractivity contribution in [2.45, 2.75) is 11.6 Å². The molecule has 1 aromatic carbocycles. The lowest BCUT2D eigenvalue weighted by atomic mass is 10.1. The predicted molar refractivity (Wildman–Crippen MR) is 81.3 cm³/mol. The van der Waals surface area contributed by atoms with Crippen molar-refractivity contribution in [3.63, 3.8) is 0 Å². The molecule has 0 bridgehead atoms. The van der Waals surface area contributed by atoms with Crippen LogP contribution in [0.2, 0.25) is 5.02 Å². The lowest BCUT2D eigenvalue weighted by Crippen LogP contribution is -2.27. The first-order valence-corrected chi connectivity index (χ1v) is 7.69. The molecular weight excluding hydrogens is 294 g/mol. The number of hydrogen-bond donors (Lipinski definition) is 1. The second-order valence-electron chi connectivity index (χ2n) is 4.04. The molecule has 4 nitrogen and oxygen atoms in total. The average molecular weight is 308 g/mol. The maximum absolute atomic E-state index is 12.0. The highest BCUT2D eigenvalue weighted by molar-refractivity contribution is 7.98. The minimum absolute atomic E-state index is 0.221. The van der Waals surface area contributed by atoms with E-state index in [2.05, 4.69) is 15.3 Å². The smallest absolute Gasteiger partial charge is 0.271 e. The van der Waals surface area contributed by atoms with Crippen LogP contribution in [0, 0.1) is 0 Å². The van der Waals surface area contributed by atoms with Gasteiger partial charge >= 0.3 is 0 Å². The topological polar surface area (TPSA) is 54.9 Å². The molecular formula is C14H14ClN3OS. The molecule has 6 heteroatoms. The van der Waals surface area contributed by atoms with Crippen LogP contribution in [-0.4, -0.2) is 28.7 Å². The number of halogens is 1. The summed E-state index contributed by atoms with van der Waals surface area (Å²) in [6, 6.07) is 9.96. The fraction of sp³-hybridized carbons (Fsp3) is 0.214. The third kappa shape index (κ3) is 3.95. The average Bonchev–Trinajstić information content (AvgIpc) is 2.48. The van der Waals surface area contributed by atoms with Crippen molar-refractivity contribution in [3.8, 4) is 0 Å². The van der Waals surface area contributed by atoms with E-state index in [-0.39, 0.29) is 16.6 Å². The Hall–Kier alpha value is -1.59. The SMILES string of the molecule is CSc1ncc(Cl)c(C(=O)NCCc2ccccc2)n1. The third-order valence-electron chi connectivity index (χ3n) is 2.66. The first-order chi connectivity index (χ1) is 9.70. The van der Waals surface area contributed by atoms with Crippen LogP contribution in [0.3, 0.4) is 0 Å². The second-order valence-corrected chi connectivity index (χ2v) is 5.23. The lowest BCUT2D eigenvalue weighted by molar-refractivity contribution is 0.0948. The Morgan fingerprint density at radius 3 is 2.80 bits per heavy atom. The zero-order chi connectivity index (χ0) is 14.4. The van der Waals surface area contributed by atoms with Crippen molar-refractivity contribution in [2.75, 3.05) is 12.8 Å². The van der Waals surface area contributed by atoms with Gasteiger partial charge in [0.05, 0.1) is 11.2 Å². The van der Waals surface area contributed by atoms with E-state index in [1.807, 2.05) is 36.6 Å². The Bertz CT molecular complexity index is 592. The summed E-state index contributed by atoms with van der Waals surface area (Å²) in [4.78, 5) is 20.2. The Morgan fingerprint density at radius 1 is 1.35 bits per heavy atom. The summed E-state index contributed by atoms with van der Waals surface area (Å²) in [7, 11) is 0. The largest absolute Gasteiger partial charge is 0.350 e. The number of hydrogen-bond acceptors (Lipinski definition) is 4. The molecule has 0 spiro atoms. The number of benzene rings is 1. The molecule has 0 aliphatic rings. The van der Waals surface area contributed by atoms with E-state index in [1.54, 1.807) is 0 Å². The van der Waals surface area contributed by atoms with Crippen molar-refractivity contribution in [1.29, 1.82) is 0 Å². The van der Waals surface area contributed by atoms with Crippen LogP contribution in [0.25, 0.3) is 0 Å². The Balaban J connectivity index is 1.95. The van der Waals surface area contributed by atoms with E-state index < -0.39 is 0 Å². The highest BCUT2D eigenvalue weighted by Gasteiger charge is 2.13. The summed E-state index contributed by atoms with van der Waals surface area (Å²) in [5.41, 5.74) is 1.39. The molecule has 0 aliphatic carbocycles. The quantitative estimate of drug-likeness (QED) is 0.682. The standard InChI is InChI=1S/C14H14ClN3OS/c1-20-14-17-9-11(15)12(18-14)13(19)16-8-7-10-5-3-2-4-6-10/h2-6,9H,7-8H2,1H3,(H,16,19). The molecule has 0 unspecified atom stereocenters. The van der Waals surface area contributed by atoms with Crippen molar-refractivity contribution in [2.24, 2.45) is 0 Å². The highest BCUT2D eigenvalue weighted by atomic mass is 35.5. The van der Waals surface area contributed by atoms with Gasteiger partial charge in [-0.05, 0) is 18.2 Å². The molecule has 1 amide bonds. The normalized spacial score (nSPS) is 10.3. The van der Waals surface area contributed by atoms with E-state index in [0.717, 1.165) is 6.42 Å². The number of nitrogens with zero attached hydrogens (tertiary/aromatic N) is 2. The van der Waals surface area contributed by atoms with Gasteiger partial charge in [0.2, 0.25) is 0 Å². The van der Waals surface area contributed by atoms with Crippen LogP contribution in [0.1, 0.15) is 16.1 Å². The van der Waals surface area contributed by atoms with Crippen LogP contribution in [0.5, 0.6) is 0 Å². The van der Waals surface area contributed by atoms with Gasteiger partial charge in [-0.1, -0.05) is 53.7 Å². The minimum atomic E-state index is -0.274. The molecule has 2 rings (SSSR count). The third-order valence-corrected chi connectivity index (χ3v) is 3.50. The van der Waals surface area contributed by atoms with Gasteiger partial charge in [-0.25, -0.2) is 9.97 Å². The summed E-state index contributed by atoms with van der Waals surface area (Å²) >= 11 is 7.32.